The lowest BCUT2D eigenvalue weighted by molar-refractivity contribution is 1.25. The lowest BCUT2D eigenvalue weighted by Gasteiger charge is -2.11. The first-order chi connectivity index (χ1) is 8.18. The highest BCUT2D eigenvalue weighted by atomic mass is 32.1. The molecule has 0 aliphatic rings. The number of nitrogens with zero attached hydrogens (tertiary/aromatic N) is 2. The fourth-order valence-corrected chi connectivity index (χ4v) is 1.61. The van der Waals surface area contributed by atoms with Crippen molar-refractivity contribution in [2.24, 2.45) is 5.73 Å². The molecule has 0 saturated heterocycles. The maximum Gasteiger partial charge on any atom is 0.124 e. The molecule has 4 nitrogen and oxygen atoms in total. The van der Waals surface area contributed by atoms with Crippen molar-refractivity contribution in [3.8, 4) is 0 Å². The first kappa shape index (κ1) is 11.5. The molecule has 0 saturated carbocycles. The maximum absolute atomic E-state index is 5.62. The number of pyridine rings is 2. The lowest BCUT2D eigenvalue weighted by Crippen LogP contribution is -2.14. The highest BCUT2D eigenvalue weighted by Gasteiger charge is 2.07. The Morgan fingerprint density at radius 2 is 2.12 bits per heavy atom. The third-order valence-electron chi connectivity index (χ3n) is 2.35. The summed E-state index contributed by atoms with van der Waals surface area (Å²) in [7, 11) is 0. The van der Waals surface area contributed by atoms with E-state index in [2.05, 4.69) is 15.3 Å². The Labute approximate surface area is 105 Å². The largest absolute Gasteiger partial charge is 0.388 e. The quantitative estimate of drug-likeness (QED) is 0.810. The third kappa shape index (κ3) is 2.57. The van der Waals surface area contributed by atoms with Gasteiger partial charge in [0.05, 0.1) is 17.6 Å². The molecule has 0 aliphatic heterocycles. The number of aromatic nitrogens is 2. The smallest absolute Gasteiger partial charge is 0.124 e. The van der Waals surface area contributed by atoms with Crippen LogP contribution in [-0.4, -0.2) is 15.0 Å². The predicted octanol–water partition coefficient (Wildman–Crippen LogP) is 2.16. The number of thiocarbonyl (C=S) groups is 1. The molecular formula is C12H12N4S. The summed E-state index contributed by atoms with van der Waals surface area (Å²) < 4.78 is 0. The number of hydrogen-bond donors (Lipinski definition) is 2. The molecule has 0 fully saturated rings. The van der Waals surface area contributed by atoms with Gasteiger partial charge in [-0.05, 0) is 30.7 Å². The summed E-state index contributed by atoms with van der Waals surface area (Å²) in [5, 5.41) is 3.23. The third-order valence-corrected chi connectivity index (χ3v) is 2.54. The van der Waals surface area contributed by atoms with Gasteiger partial charge < -0.3 is 11.1 Å². The van der Waals surface area contributed by atoms with E-state index in [-0.39, 0.29) is 4.99 Å². The second-order valence-corrected chi connectivity index (χ2v) is 4.02. The summed E-state index contributed by atoms with van der Waals surface area (Å²) in [6, 6.07) is 5.64. The van der Waals surface area contributed by atoms with Gasteiger partial charge in [-0.1, -0.05) is 12.2 Å². The van der Waals surface area contributed by atoms with Crippen LogP contribution in [0.2, 0.25) is 0 Å². The Balaban J connectivity index is 2.37. The Morgan fingerprint density at radius 1 is 1.29 bits per heavy atom. The van der Waals surface area contributed by atoms with Crippen LogP contribution in [0.3, 0.4) is 0 Å². The van der Waals surface area contributed by atoms with Crippen LogP contribution in [0.15, 0.2) is 36.8 Å². The Bertz CT molecular complexity index is 554. The van der Waals surface area contributed by atoms with Crippen LogP contribution in [0.5, 0.6) is 0 Å². The molecule has 0 aromatic carbocycles. The van der Waals surface area contributed by atoms with E-state index < -0.39 is 0 Å². The predicted molar refractivity (Wildman–Crippen MR) is 72.4 cm³/mol. The molecular weight excluding hydrogens is 232 g/mol. The summed E-state index contributed by atoms with van der Waals surface area (Å²) in [4.78, 5) is 8.50. The molecule has 86 valence electrons. The zero-order chi connectivity index (χ0) is 12.3. The number of hydrogen-bond acceptors (Lipinski definition) is 4. The molecule has 0 bridgehead atoms. The van der Waals surface area contributed by atoms with Gasteiger partial charge in [-0.15, -0.1) is 0 Å². The van der Waals surface area contributed by atoms with Crippen LogP contribution in [0, 0.1) is 6.92 Å². The van der Waals surface area contributed by atoms with Crippen LogP contribution < -0.4 is 11.1 Å². The molecule has 0 spiro atoms. The number of rotatable bonds is 3. The molecule has 3 N–H and O–H groups in total. The monoisotopic (exact) mass is 244 g/mol. The van der Waals surface area contributed by atoms with Crippen LogP contribution in [-0.2, 0) is 0 Å². The Hall–Kier alpha value is -2.01. The maximum atomic E-state index is 5.62. The number of nitrogens with one attached hydrogen (secondary N) is 1. The van der Waals surface area contributed by atoms with Gasteiger partial charge in [0.1, 0.15) is 10.7 Å². The summed E-state index contributed by atoms with van der Waals surface area (Å²) in [6.07, 6.45) is 5.17. The van der Waals surface area contributed by atoms with Gasteiger partial charge >= 0.3 is 0 Å². The fraction of sp³-hybridized carbons (Fsp3) is 0.0833. The van der Waals surface area contributed by atoms with Gasteiger partial charge in [0, 0.05) is 12.4 Å². The number of aryl methyl sites for hydroxylation is 1. The lowest BCUT2D eigenvalue weighted by atomic mass is 10.2. The molecule has 0 radical (unpaired) electrons. The molecule has 5 heteroatoms. The van der Waals surface area contributed by atoms with Crippen molar-refractivity contribution in [2.45, 2.75) is 6.92 Å². The van der Waals surface area contributed by atoms with E-state index >= 15 is 0 Å². The van der Waals surface area contributed by atoms with E-state index in [0.717, 1.165) is 16.9 Å². The molecule has 2 aromatic heterocycles. The minimum absolute atomic E-state index is 0.273. The van der Waals surface area contributed by atoms with Crippen LogP contribution in [0.1, 0.15) is 11.3 Å². The SMILES string of the molecule is Cc1ccncc1Nc1cccnc1C(N)=S. The van der Waals surface area contributed by atoms with Crippen molar-refractivity contribution in [3.63, 3.8) is 0 Å². The van der Waals surface area contributed by atoms with E-state index in [9.17, 15) is 0 Å². The number of nitrogens with two attached hydrogens (primary N) is 1. The molecule has 17 heavy (non-hydrogen) atoms. The molecule has 0 atom stereocenters. The van der Waals surface area contributed by atoms with Crippen molar-refractivity contribution in [2.75, 3.05) is 5.32 Å². The molecule has 2 rings (SSSR count). The van der Waals surface area contributed by atoms with Crippen LogP contribution >= 0.6 is 12.2 Å². The summed E-state index contributed by atoms with van der Waals surface area (Å²) in [5.41, 5.74) is 9.01. The highest BCUT2D eigenvalue weighted by molar-refractivity contribution is 7.80. The van der Waals surface area contributed by atoms with Gasteiger partial charge in [0.15, 0.2) is 0 Å². The van der Waals surface area contributed by atoms with E-state index in [1.54, 1.807) is 18.6 Å². The van der Waals surface area contributed by atoms with Crippen LogP contribution in [0.4, 0.5) is 11.4 Å². The zero-order valence-electron chi connectivity index (χ0n) is 9.34. The fourth-order valence-electron chi connectivity index (χ4n) is 1.44. The average Bonchev–Trinajstić information content (AvgIpc) is 2.32. The van der Waals surface area contributed by atoms with Crippen molar-refractivity contribution in [1.82, 2.24) is 9.97 Å². The standard InChI is InChI=1S/C12H12N4S/c1-8-4-6-14-7-10(8)16-9-3-2-5-15-11(9)12(13)17/h2-7,16H,1H3,(H2,13,17). The topological polar surface area (TPSA) is 63.8 Å². The first-order valence-corrected chi connectivity index (χ1v) is 5.52. The van der Waals surface area contributed by atoms with E-state index in [1.165, 1.54) is 0 Å². The van der Waals surface area contributed by atoms with E-state index in [4.69, 9.17) is 18.0 Å². The van der Waals surface area contributed by atoms with Gasteiger partial charge in [-0.3, -0.25) is 9.97 Å². The van der Waals surface area contributed by atoms with Gasteiger partial charge in [0.2, 0.25) is 0 Å². The molecule has 2 heterocycles. The van der Waals surface area contributed by atoms with Crippen molar-refractivity contribution in [3.05, 3.63) is 48.0 Å². The Morgan fingerprint density at radius 3 is 2.82 bits per heavy atom. The molecule has 0 unspecified atom stereocenters. The summed E-state index contributed by atoms with van der Waals surface area (Å²) >= 11 is 4.96. The molecule has 2 aromatic rings. The molecule has 0 aliphatic carbocycles. The van der Waals surface area contributed by atoms with Crippen molar-refractivity contribution in [1.29, 1.82) is 0 Å². The number of anilines is 2. The zero-order valence-corrected chi connectivity index (χ0v) is 10.2. The second-order valence-electron chi connectivity index (χ2n) is 3.58. The van der Waals surface area contributed by atoms with Gasteiger partial charge in [-0.2, -0.15) is 0 Å². The summed E-state index contributed by atoms with van der Waals surface area (Å²) in [6.45, 7) is 2.00. The van der Waals surface area contributed by atoms with Crippen molar-refractivity contribution < 1.29 is 0 Å². The normalized spacial score (nSPS) is 9.94. The second kappa shape index (κ2) is 4.88. The van der Waals surface area contributed by atoms with Crippen LogP contribution in [0.25, 0.3) is 0 Å². The first-order valence-electron chi connectivity index (χ1n) is 5.11. The molecule has 0 amide bonds. The van der Waals surface area contributed by atoms with Gasteiger partial charge in [-0.25, -0.2) is 0 Å². The minimum atomic E-state index is 0.273. The highest BCUT2D eigenvalue weighted by Crippen LogP contribution is 2.21. The van der Waals surface area contributed by atoms with E-state index in [1.807, 2.05) is 25.1 Å². The van der Waals surface area contributed by atoms with Crippen molar-refractivity contribution >= 4 is 28.6 Å². The van der Waals surface area contributed by atoms with E-state index in [0.29, 0.717) is 5.69 Å². The average molecular weight is 244 g/mol. The summed E-state index contributed by atoms with van der Waals surface area (Å²) in [5.74, 6) is 0. The van der Waals surface area contributed by atoms with Gasteiger partial charge in [0.25, 0.3) is 0 Å². The Kier molecular flexibility index (Phi) is 3.30. The minimum Gasteiger partial charge on any atom is -0.388 e.